The predicted octanol–water partition coefficient (Wildman–Crippen LogP) is 3.97. The van der Waals surface area contributed by atoms with E-state index in [-0.39, 0.29) is 0 Å². The van der Waals surface area contributed by atoms with Crippen LogP contribution in [0.15, 0.2) is 24.3 Å². The highest BCUT2D eigenvalue weighted by atomic mass is 15.1. The van der Waals surface area contributed by atoms with Crippen molar-refractivity contribution in [1.29, 1.82) is 0 Å². The van der Waals surface area contributed by atoms with Crippen molar-refractivity contribution in [3.63, 3.8) is 0 Å². The minimum atomic E-state index is 0.345. The molecule has 20 heavy (non-hydrogen) atoms. The summed E-state index contributed by atoms with van der Waals surface area (Å²) < 4.78 is 0. The van der Waals surface area contributed by atoms with Crippen molar-refractivity contribution in [2.75, 3.05) is 10.6 Å². The predicted molar refractivity (Wildman–Crippen MR) is 84.7 cm³/mol. The molecule has 4 nitrogen and oxygen atoms in total. The molecule has 0 atom stereocenters. The van der Waals surface area contributed by atoms with Gasteiger partial charge in [0.05, 0.1) is 0 Å². The SMILES string of the molecule is Cc1cc(NC(C)C)nc(Nc2cccc(C)c2C)n1. The van der Waals surface area contributed by atoms with Gasteiger partial charge in [0.2, 0.25) is 5.95 Å². The fourth-order valence-corrected chi connectivity index (χ4v) is 2.00. The Labute approximate surface area is 120 Å². The molecule has 2 rings (SSSR count). The molecule has 0 spiro atoms. The van der Waals surface area contributed by atoms with Crippen LogP contribution in [-0.4, -0.2) is 16.0 Å². The van der Waals surface area contributed by atoms with E-state index in [1.807, 2.05) is 25.1 Å². The van der Waals surface area contributed by atoms with Crippen LogP contribution in [0, 0.1) is 20.8 Å². The molecule has 1 aromatic heterocycles. The second kappa shape index (κ2) is 5.90. The summed E-state index contributed by atoms with van der Waals surface area (Å²) in [7, 11) is 0. The number of benzene rings is 1. The fraction of sp³-hybridized carbons (Fsp3) is 0.375. The van der Waals surface area contributed by atoms with Crippen LogP contribution in [0.25, 0.3) is 0 Å². The Morgan fingerprint density at radius 2 is 1.80 bits per heavy atom. The van der Waals surface area contributed by atoms with Gasteiger partial charge in [0.1, 0.15) is 5.82 Å². The molecule has 0 bridgehead atoms. The molecule has 106 valence electrons. The van der Waals surface area contributed by atoms with Crippen LogP contribution >= 0.6 is 0 Å². The molecular weight excluding hydrogens is 248 g/mol. The van der Waals surface area contributed by atoms with E-state index in [2.05, 4.69) is 54.4 Å². The third-order valence-corrected chi connectivity index (χ3v) is 3.14. The summed E-state index contributed by atoms with van der Waals surface area (Å²) in [4.78, 5) is 8.95. The van der Waals surface area contributed by atoms with Crippen LogP contribution in [0.5, 0.6) is 0 Å². The van der Waals surface area contributed by atoms with Gasteiger partial charge in [-0.25, -0.2) is 4.98 Å². The number of anilines is 3. The van der Waals surface area contributed by atoms with E-state index in [1.165, 1.54) is 11.1 Å². The Bertz CT molecular complexity index is 605. The van der Waals surface area contributed by atoms with Crippen molar-refractivity contribution in [3.05, 3.63) is 41.1 Å². The smallest absolute Gasteiger partial charge is 0.229 e. The lowest BCUT2D eigenvalue weighted by Gasteiger charge is -2.13. The van der Waals surface area contributed by atoms with Gasteiger partial charge in [0, 0.05) is 23.5 Å². The Hall–Kier alpha value is -2.10. The van der Waals surface area contributed by atoms with Gasteiger partial charge in [-0.05, 0) is 51.8 Å². The first-order valence-electron chi connectivity index (χ1n) is 6.91. The Kier molecular flexibility index (Phi) is 4.23. The maximum Gasteiger partial charge on any atom is 0.229 e. The van der Waals surface area contributed by atoms with E-state index in [9.17, 15) is 0 Å². The first-order chi connectivity index (χ1) is 9.45. The van der Waals surface area contributed by atoms with Gasteiger partial charge in [-0.3, -0.25) is 0 Å². The Morgan fingerprint density at radius 1 is 1.05 bits per heavy atom. The van der Waals surface area contributed by atoms with Gasteiger partial charge < -0.3 is 10.6 Å². The van der Waals surface area contributed by atoms with Gasteiger partial charge >= 0.3 is 0 Å². The van der Waals surface area contributed by atoms with E-state index < -0.39 is 0 Å². The molecule has 0 saturated heterocycles. The standard InChI is InChI=1S/C16H22N4/c1-10(2)17-15-9-12(4)18-16(20-15)19-14-8-6-7-11(3)13(14)5/h6-10H,1-5H3,(H2,17,18,19,20). The zero-order chi connectivity index (χ0) is 14.7. The highest BCUT2D eigenvalue weighted by Gasteiger charge is 2.06. The van der Waals surface area contributed by atoms with Crippen LogP contribution in [0.1, 0.15) is 30.7 Å². The summed E-state index contributed by atoms with van der Waals surface area (Å²) >= 11 is 0. The fourth-order valence-electron chi connectivity index (χ4n) is 2.00. The second-order valence-electron chi connectivity index (χ2n) is 5.39. The van der Waals surface area contributed by atoms with Gasteiger partial charge in [-0.15, -0.1) is 0 Å². The van der Waals surface area contributed by atoms with Gasteiger partial charge in [-0.2, -0.15) is 4.98 Å². The molecule has 1 heterocycles. The van der Waals surface area contributed by atoms with Crippen molar-refractivity contribution >= 4 is 17.5 Å². The minimum Gasteiger partial charge on any atom is -0.368 e. The number of hydrogen-bond donors (Lipinski definition) is 2. The molecule has 0 aliphatic carbocycles. The summed E-state index contributed by atoms with van der Waals surface area (Å²) in [5, 5.41) is 6.61. The molecule has 1 aromatic carbocycles. The average molecular weight is 270 g/mol. The third kappa shape index (κ3) is 3.47. The van der Waals surface area contributed by atoms with Crippen LogP contribution in [-0.2, 0) is 0 Å². The first-order valence-corrected chi connectivity index (χ1v) is 6.91. The Morgan fingerprint density at radius 3 is 2.50 bits per heavy atom. The molecular formula is C16H22N4. The molecule has 0 amide bonds. The summed E-state index contributed by atoms with van der Waals surface area (Å²) in [6.07, 6.45) is 0. The van der Waals surface area contributed by atoms with Crippen LogP contribution in [0.3, 0.4) is 0 Å². The van der Waals surface area contributed by atoms with Crippen LogP contribution in [0.2, 0.25) is 0 Å². The van der Waals surface area contributed by atoms with E-state index in [1.54, 1.807) is 0 Å². The quantitative estimate of drug-likeness (QED) is 0.882. The number of rotatable bonds is 4. The molecule has 2 N–H and O–H groups in total. The lowest BCUT2D eigenvalue weighted by molar-refractivity contribution is 0.885. The van der Waals surface area contributed by atoms with Gasteiger partial charge in [-0.1, -0.05) is 12.1 Å². The van der Waals surface area contributed by atoms with Crippen molar-refractivity contribution in [1.82, 2.24) is 9.97 Å². The highest BCUT2D eigenvalue weighted by molar-refractivity contribution is 5.61. The highest BCUT2D eigenvalue weighted by Crippen LogP contribution is 2.22. The molecule has 0 fully saturated rings. The molecule has 0 aliphatic rings. The van der Waals surface area contributed by atoms with Gasteiger partial charge in [0.15, 0.2) is 0 Å². The summed E-state index contributed by atoms with van der Waals surface area (Å²) in [6, 6.07) is 8.48. The van der Waals surface area contributed by atoms with E-state index in [4.69, 9.17) is 0 Å². The number of hydrogen-bond acceptors (Lipinski definition) is 4. The number of aromatic nitrogens is 2. The second-order valence-corrected chi connectivity index (χ2v) is 5.39. The zero-order valence-corrected chi connectivity index (χ0v) is 12.8. The van der Waals surface area contributed by atoms with Crippen molar-refractivity contribution in [2.45, 2.75) is 40.7 Å². The van der Waals surface area contributed by atoms with Gasteiger partial charge in [0.25, 0.3) is 0 Å². The summed E-state index contributed by atoms with van der Waals surface area (Å²) in [5.74, 6) is 1.47. The summed E-state index contributed by atoms with van der Waals surface area (Å²) in [6.45, 7) is 10.4. The Balaban J connectivity index is 2.29. The maximum atomic E-state index is 4.51. The van der Waals surface area contributed by atoms with E-state index in [0.717, 1.165) is 17.2 Å². The molecule has 0 saturated carbocycles. The zero-order valence-electron chi connectivity index (χ0n) is 12.8. The summed E-state index contributed by atoms with van der Waals surface area (Å²) in [5.41, 5.74) is 4.46. The van der Waals surface area contributed by atoms with Crippen molar-refractivity contribution in [2.24, 2.45) is 0 Å². The van der Waals surface area contributed by atoms with E-state index >= 15 is 0 Å². The average Bonchev–Trinajstić information content (AvgIpc) is 2.33. The van der Waals surface area contributed by atoms with Crippen LogP contribution in [0.4, 0.5) is 17.5 Å². The largest absolute Gasteiger partial charge is 0.368 e. The van der Waals surface area contributed by atoms with Crippen molar-refractivity contribution in [3.8, 4) is 0 Å². The molecule has 4 heteroatoms. The molecule has 0 radical (unpaired) electrons. The minimum absolute atomic E-state index is 0.345. The number of nitrogens with zero attached hydrogens (tertiary/aromatic N) is 2. The topological polar surface area (TPSA) is 49.8 Å². The monoisotopic (exact) mass is 270 g/mol. The van der Waals surface area contributed by atoms with Crippen LogP contribution < -0.4 is 10.6 Å². The third-order valence-electron chi connectivity index (χ3n) is 3.14. The molecule has 0 unspecified atom stereocenters. The lowest BCUT2D eigenvalue weighted by Crippen LogP contribution is -2.12. The lowest BCUT2D eigenvalue weighted by atomic mass is 10.1. The number of nitrogens with one attached hydrogen (secondary N) is 2. The normalized spacial score (nSPS) is 10.7. The number of aryl methyl sites for hydroxylation is 2. The first kappa shape index (κ1) is 14.3. The molecule has 0 aliphatic heterocycles. The molecule has 2 aromatic rings. The van der Waals surface area contributed by atoms with Crippen molar-refractivity contribution < 1.29 is 0 Å². The van der Waals surface area contributed by atoms with E-state index in [0.29, 0.717) is 12.0 Å². The maximum absolute atomic E-state index is 4.51.